The largest absolute Gasteiger partial charge is 0.416 e. The number of benzene rings is 2. The van der Waals surface area contributed by atoms with Crippen molar-refractivity contribution in [3.05, 3.63) is 59.7 Å². The summed E-state index contributed by atoms with van der Waals surface area (Å²) in [6.07, 6.45) is -1.64. The highest BCUT2D eigenvalue weighted by atomic mass is 32.2. The van der Waals surface area contributed by atoms with E-state index in [1.165, 1.54) is 24.4 Å². The molecule has 3 rings (SSSR count). The molecule has 7 nitrogen and oxygen atoms in total. The third-order valence-corrected chi connectivity index (χ3v) is 5.67. The predicted molar refractivity (Wildman–Crippen MR) is 105 cm³/mol. The molecule has 31 heavy (non-hydrogen) atoms. The molecule has 0 aliphatic carbocycles. The van der Waals surface area contributed by atoms with Crippen LogP contribution in [0.15, 0.2) is 58.5 Å². The van der Waals surface area contributed by atoms with E-state index >= 15 is 0 Å². The molecule has 1 fully saturated rings. The van der Waals surface area contributed by atoms with Crippen molar-refractivity contribution >= 4 is 22.2 Å². The van der Waals surface area contributed by atoms with E-state index in [9.17, 15) is 26.4 Å². The Morgan fingerprint density at radius 2 is 1.90 bits per heavy atom. The number of alkyl halides is 3. The van der Waals surface area contributed by atoms with E-state index in [1.807, 2.05) is 0 Å². The van der Waals surface area contributed by atoms with Crippen molar-refractivity contribution in [1.29, 1.82) is 0 Å². The number of rotatable bonds is 7. The van der Waals surface area contributed by atoms with Crippen molar-refractivity contribution in [2.24, 2.45) is 5.10 Å². The second-order valence-electron chi connectivity index (χ2n) is 6.73. The number of nitrogens with zero attached hydrogens (tertiary/aromatic N) is 1. The van der Waals surface area contributed by atoms with Crippen molar-refractivity contribution in [3.63, 3.8) is 0 Å². The molecule has 2 aromatic carbocycles. The summed E-state index contributed by atoms with van der Waals surface area (Å²) in [6, 6.07) is 8.95. The van der Waals surface area contributed by atoms with Gasteiger partial charge in [-0.1, -0.05) is 12.1 Å². The number of hydrogen-bond acceptors (Lipinski definition) is 6. The Balaban J connectivity index is 1.68. The summed E-state index contributed by atoms with van der Waals surface area (Å²) in [4.78, 5) is 11.4. The fourth-order valence-electron chi connectivity index (χ4n) is 2.87. The molecular weight excluding hydrogens is 437 g/mol. The Morgan fingerprint density at radius 3 is 2.55 bits per heavy atom. The minimum absolute atomic E-state index is 0.0977. The minimum Gasteiger partial charge on any atom is -0.378 e. The molecule has 1 aliphatic heterocycles. The molecule has 0 aromatic heterocycles. The van der Waals surface area contributed by atoms with Crippen molar-refractivity contribution in [2.75, 3.05) is 6.61 Å². The van der Waals surface area contributed by atoms with Crippen LogP contribution in [0, 0.1) is 0 Å². The summed E-state index contributed by atoms with van der Waals surface area (Å²) in [5, 5.41) is 3.81. The van der Waals surface area contributed by atoms with E-state index in [2.05, 4.69) is 10.5 Å². The third-order valence-electron chi connectivity index (χ3n) is 4.42. The zero-order valence-electron chi connectivity index (χ0n) is 16.1. The van der Waals surface area contributed by atoms with Gasteiger partial charge in [-0.3, -0.25) is 4.79 Å². The number of carbonyl (C=O) groups excluding carboxylic acids is 1. The molecule has 11 heteroatoms. The van der Waals surface area contributed by atoms with E-state index < -0.39 is 26.8 Å². The number of para-hydroxylation sites is 1. The Labute approximate surface area is 177 Å². The maximum absolute atomic E-state index is 12.7. The Hall–Kier alpha value is -2.92. The van der Waals surface area contributed by atoms with Crippen LogP contribution in [0.5, 0.6) is 5.75 Å². The van der Waals surface area contributed by atoms with Gasteiger partial charge in [0.2, 0.25) is 5.91 Å². The zero-order valence-corrected chi connectivity index (χ0v) is 16.9. The lowest BCUT2D eigenvalue weighted by Gasteiger charge is -2.11. The minimum atomic E-state index is -4.58. The maximum Gasteiger partial charge on any atom is 0.416 e. The average molecular weight is 456 g/mol. The first-order valence-electron chi connectivity index (χ1n) is 9.29. The highest BCUT2D eigenvalue weighted by molar-refractivity contribution is 7.87. The number of hydrazone groups is 1. The van der Waals surface area contributed by atoms with Gasteiger partial charge in [-0.2, -0.15) is 26.7 Å². The molecular formula is C20H19F3N2O5S. The Kier molecular flexibility index (Phi) is 6.96. The summed E-state index contributed by atoms with van der Waals surface area (Å²) in [6.45, 7) is 0.624. The summed E-state index contributed by atoms with van der Waals surface area (Å²) >= 11 is 0. The quantitative estimate of drug-likeness (QED) is 0.391. The van der Waals surface area contributed by atoms with Crippen LogP contribution < -0.4 is 9.61 Å². The van der Waals surface area contributed by atoms with Gasteiger partial charge in [0.25, 0.3) is 0 Å². The molecule has 0 saturated carbocycles. The van der Waals surface area contributed by atoms with Gasteiger partial charge >= 0.3 is 16.3 Å². The SMILES string of the molecule is O=C(CC1CCCO1)N/N=C/c1ccccc1OS(=O)(=O)c1ccc(C(F)(F)F)cc1. The first-order chi connectivity index (χ1) is 14.6. The van der Waals surface area contributed by atoms with Crippen LogP contribution in [0.1, 0.15) is 30.4 Å². The molecule has 0 bridgehead atoms. The van der Waals surface area contributed by atoms with Gasteiger partial charge in [0.05, 0.1) is 24.3 Å². The molecule has 2 aromatic rings. The monoisotopic (exact) mass is 456 g/mol. The molecule has 166 valence electrons. The number of ether oxygens (including phenoxy) is 1. The lowest BCUT2D eigenvalue weighted by atomic mass is 10.2. The van der Waals surface area contributed by atoms with Crippen molar-refractivity contribution in [3.8, 4) is 5.75 Å². The number of amides is 1. The third kappa shape index (κ3) is 6.28. The van der Waals surface area contributed by atoms with Crippen LogP contribution in [0.2, 0.25) is 0 Å². The van der Waals surface area contributed by atoms with Gasteiger partial charge < -0.3 is 8.92 Å². The normalized spacial score (nSPS) is 17.1. The van der Waals surface area contributed by atoms with Crippen molar-refractivity contribution in [1.82, 2.24) is 5.43 Å². The van der Waals surface area contributed by atoms with E-state index in [0.29, 0.717) is 18.7 Å². The molecule has 0 spiro atoms. The first kappa shape index (κ1) is 22.8. The molecule has 1 amide bonds. The van der Waals surface area contributed by atoms with Crippen molar-refractivity contribution in [2.45, 2.75) is 36.4 Å². The van der Waals surface area contributed by atoms with Crippen LogP contribution in [-0.4, -0.2) is 33.3 Å². The van der Waals surface area contributed by atoms with Gasteiger partial charge in [-0.25, -0.2) is 5.43 Å². The fraction of sp³-hybridized carbons (Fsp3) is 0.300. The van der Waals surface area contributed by atoms with Gasteiger partial charge in [0.1, 0.15) is 4.90 Å². The fourth-order valence-corrected chi connectivity index (χ4v) is 3.83. The molecule has 1 saturated heterocycles. The topological polar surface area (TPSA) is 94.1 Å². The van der Waals surface area contributed by atoms with Crippen LogP contribution in [0.25, 0.3) is 0 Å². The lowest BCUT2D eigenvalue weighted by molar-refractivity contribution is -0.137. The van der Waals surface area contributed by atoms with Gasteiger partial charge in [-0.05, 0) is 49.2 Å². The standard InChI is InChI=1S/C20H19F3N2O5S/c21-20(22,23)15-7-9-17(10-8-15)31(27,28)30-18-6-2-1-4-14(18)13-24-25-19(26)12-16-5-3-11-29-16/h1-2,4,6-10,13,16H,3,5,11-12H2,(H,25,26)/b24-13+. The average Bonchev–Trinajstić information content (AvgIpc) is 3.21. The molecule has 1 N–H and O–H groups in total. The van der Waals surface area contributed by atoms with Crippen LogP contribution in [0.4, 0.5) is 13.2 Å². The molecule has 1 heterocycles. The number of halogens is 3. The second kappa shape index (κ2) is 9.48. The van der Waals surface area contributed by atoms with Crippen LogP contribution in [-0.2, 0) is 25.8 Å². The molecule has 1 aliphatic rings. The Bertz CT molecular complexity index is 1050. The van der Waals surface area contributed by atoms with E-state index in [4.69, 9.17) is 8.92 Å². The highest BCUT2D eigenvalue weighted by Crippen LogP contribution is 2.30. The molecule has 0 radical (unpaired) electrons. The van der Waals surface area contributed by atoms with E-state index in [0.717, 1.165) is 25.0 Å². The summed E-state index contributed by atoms with van der Waals surface area (Å²) < 4.78 is 73.4. The number of hydrogen-bond donors (Lipinski definition) is 1. The Morgan fingerprint density at radius 1 is 1.19 bits per heavy atom. The van der Waals surface area contributed by atoms with Gasteiger partial charge in [0.15, 0.2) is 5.75 Å². The smallest absolute Gasteiger partial charge is 0.378 e. The first-order valence-corrected chi connectivity index (χ1v) is 10.7. The van der Waals surface area contributed by atoms with Crippen LogP contribution >= 0.6 is 0 Å². The maximum atomic E-state index is 12.7. The summed E-state index contributed by atoms with van der Waals surface area (Å²) in [5.41, 5.74) is 1.61. The van der Waals surface area contributed by atoms with Gasteiger partial charge in [-0.15, -0.1) is 0 Å². The summed E-state index contributed by atoms with van der Waals surface area (Å²) in [7, 11) is -4.39. The zero-order chi connectivity index (χ0) is 22.5. The number of carbonyl (C=O) groups is 1. The molecule has 1 atom stereocenters. The summed E-state index contributed by atoms with van der Waals surface area (Å²) in [5.74, 6) is -0.446. The van der Waals surface area contributed by atoms with Gasteiger partial charge in [0, 0.05) is 12.2 Å². The van der Waals surface area contributed by atoms with E-state index in [-0.39, 0.29) is 29.7 Å². The second-order valence-corrected chi connectivity index (χ2v) is 8.28. The lowest BCUT2D eigenvalue weighted by Crippen LogP contribution is -2.23. The molecule has 1 unspecified atom stereocenters. The number of nitrogens with one attached hydrogen (secondary N) is 1. The predicted octanol–water partition coefficient (Wildman–Crippen LogP) is 3.49. The van der Waals surface area contributed by atoms with Crippen LogP contribution in [0.3, 0.4) is 0 Å². The highest BCUT2D eigenvalue weighted by Gasteiger charge is 2.31. The van der Waals surface area contributed by atoms with E-state index in [1.54, 1.807) is 6.07 Å². The van der Waals surface area contributed by atoms with Crippen molar-refractivity contribution < 1.29 is 35.3 Å².